The fourth-order valence-corrected chi connectivity index (χ4v) is 1.56. The lowest BCUT2D eigenvalue weighted by Crippen LogP contribution is -2.24. The number of nitrogens with zero attached hydrogens (tertiary/aromatic N) is 3. The molecule has 2 aromatic rings. The summed E-state index contributed by atoms with van der Waals surface area (Å²) in [4.78, 5) is 12.0. The van der Waals surface area contributed by atoms with Gasteiger partial charge in [-0.25, -0.2) is 4.68 Å². The number of aliphatic hydroxyl groups is 1. The first-order valence-electron chi connectivity index (χ1n) is 6.03. The molecule has 2 atom stereocenters. The van der Waals surface area contributed by atoms with Crippen LogP contribution in [-0.4, -0.2) is 26.0 Å². The van der Waals surface area contributed by atoms with Crippen LogP contribution in [0, 0.1) is 0 Å². The van der Waals surface area contributed by atoms with Gasteiger partial charge in [-0.3, -0.25) is 4.79 Å². The molecular weight excluding hydrogens is 244 g/mol. The first-order chi connectivity index (χ1) is 9.08. The van der Waals surface area contributed by atoms with Gasteiger partial charge in [0, 0.05) is 5.69 Å². The van der Waals surface area contributed by atoms with Crippen LogP contribution >= 0.6 is 0 Å². The summed E-state index contributed by atoms with van der Waals surface area (Å²) in [7, 11) is 0. The molecule has 0 fully saturated rings. The van der Waals surface area contributed by atoms with Gasteiger partial charge < -0.3 is 10.4 Å². The van der Waals surface area contributed by atoms with Crippen LogP contribution < -0.4 is 5.32 Å². The molecule has 0 saturated carbocycles. The van der Waals surface area contributed by atoms with Gasteiger partial charge in [-0.1, -0.05) is 23.4 Å². The highest BCUT2D eigenvalue weighted by Crippen LogP contribution is 2.13. The summed E-state index contributed by atoms with van der Waals surface area (Å²) in [5.41, 5.74) is 1.18. The summed E-state index contributed by atoms with van der Waals surface area (Å²) in [5.74, 6) is -0.187. The lowest BCUT2D eigenvalue weighted by Gasteiger charge is -2.11. The number of para-hydroxylation sites is 1. The minimum atomic E-state index is -0.696. The molecule has 0 aliphatic heterocycles. The Morgan fingerprint density at radius 2 is 2.00 bits per heavy atom. The molecule has 0 radical (unpaired) electrons. The number of amides is 1. The highest BCUT2D eigenvalue weighted by molar-refractivity contribution is 5.93. The molecule has 19 heavy (non-hydrogen) atoms. The Morgan fingerprint density at radius 1 is 1.32 bits per heavy atom. The van der Waals surface area contributed by atoms with Crippen LogP contribution in [0.2, 0.25) is 0 Å². The standard InChI is InChI=1S/C13H16N4O2/c1-9(17-8-12(10(2)18)15-16-17)13(19)14-11-6-4-3-5-7-11/h3-10,18H,1-2H3,(H,14,19). The maximum atomic E-state index is 12.0. The summed E-state index contributed by atoms with van der Waals surface area (Å²) in [6.07, 6.45) is 0.873. The summed E-state index contributed by atoms with van der Waals surface area (Å²) in [5, 5.41) is 19.8. The molecule has 6 heteroatoms. The van der Waals surface area contributed by atoms with Crippen LogP contribution in [0.4, 0.5) is 5.69 Å². The van der Waals surface area contributed by atoms with E-state index in [2.05, 4.69) is 15.6 Å². The summed E-state index contributed by atoms with van der Waals surface area (Å²) >= 11 is 0. The molecule has 2 unspecified atom stereocenters. The van der Waals surface area contributed by atoms with Crippen molar-refractivity contribution in [2.45, 2.75) is 26.0 Å². The van der Waals surface area contributed by atoms with Crippen molar-refractivity contribution in [2.24, 2.45) is 0 Å². The fourth-order valence-electron chi connectivity index (χ4n) is 1.56. The van der Waals surface area contributed by atoms with E-state index in [1.165, 1.54) is 4.68 Å². The van der Waals surface area contributed by atoms with Crippen LogP contribution in [0.5, 0.6) is 0 Å². The lowest BCUT2D eigenvalue weighted by atomic mass is 10.2. The molecule has 1 aromatic heterocycles. The number of carbonyl (C=O) groups is 1. The molecule has 0 saturated heterocycles. The van der Waals surface area contributed by atoms with Gasteiger partial charge in [0.2, 0.25) is 5.91 Å². The zero-order valence-electron chi connectivity index (χ0n) is 10.8. The SMILES string of the molecule is CC(O)c1cn(C(C)C(=O)Nc2ccccc2)nn1. The van der Waals surface area contributed by atoms with Crippen LogP contribution in [0.3, 0.4) is 0 Å². The molecule has 1 aromatic carbocycles. The smallest absolute Gasteiger partial charge is 0.249 e. The first kappa shape index (κ1) is 13.2. The number of carbonyl (C=O) groups excluding carboxylic acids is 1. The van der Waals surface area contributed by atoms with Crippen LogP contribution in [0.1, 0.15) is 31.7 Å². The average molecular weight is 260 g/mol. The average Bonchev–Trinajstić information content (AvgIpc) is 2.88. The highest BCUT2D eigenvalue weighted by Gasteiger charge is 2.17. The van der Waals surface area contributed by atoms with E-state index in [1.54, 1.807) is 20.0 Å². The number of benzene rings is 1. The van der Waals surface area contributed by atoms with Crippen LogP contribution in [0.25, 0.3) is 0 Å². The summed E-state index contributed by atoms with van der Waals surface area (Å²) < 4.78 is 1.43. The van der Waals surface area contributed by atoms with Gasteiger partial charge in [-0.05, 0) is 26.0 Å². The molecular formula is C13H16N4O2. The predicted octanol–water partition coefficient (Wildman–Crippen LogP) is 1.53. The number of rotatable bonds is 4. The zero-order chi connectivity index (χ0) is 13.8. The van der Waals surface area contributed by atoms with E-state index in [9.17, 15) is 9.90 Å². The van der Waals surface area contributed by atoms with Crippen molar-refractivity contribution in [2.75, 3.05) is 5.32 Å². The molecule has 100 valence electrons. The third kappa shape index (κ3) is 3.17. The molecule has 0 aliphatic rings. The molecule has 0 spiro atoms. The van der Waals surface area contributed by atoms with E-state index < -0.39 is 12.1 Å². The Kier molecular flexibility index (Phi) is 3.91. The van der Waals surface area contributed by atoms with E-state index in [0.29, 0.717) is 5.69 Å². The first-order valence-corrected chi connectivity index (χ1v) is 6.03. The van der Waals surface area contributed by atoms with Gasteiger partial charge in [0.05, 0.1) is 12.3 Å². The highest BCUT2D eigenvalue weighted by atomic mass is 16.3. The van der Waals surface area contributed by atoms with Gasteiger partial charge in [-0.2, -0.15) is 0 Å². The van der Waals surface area contributed by atoms with Gasteiger partial charge >= 0.3 is 0 Å². The molecule has 0 bridgehead atoms. The van der Waals surface area contributed by atoms with Crippen molar-refractivity contribution in [3.8, 4) is 0 Å². The van der Waals surface area contributed by atoms with Crippen molar-refractivity contribution in [1.29, 1.82) is 0 Å². The van der Waals surface area contributed by atoms with Gasteiger partial charge in [0.1, 0.15) is 11.7 Å². The summed E-state index contributed by atoms with van der Waals surface area (Å²) in [6.45, 7) is 3.32. The third-order valence-corrected chi connectivity index (χ3v) is 2.77. The normalized spacial score (nSPS) is 13.8. The summed E-state index contributed by atoms with van der Waals surface area (Å²) in [6, 6.07) is 8.70. The second kappa shape index (κ2) is 5.62. The van der Waals surface area contributed by atoms with Crippen molar-refractivity contribution in [3.63, 3.8) is 0 Å². The fraction of sp³-hybridized carbons (Fsp3) is 0.308. The Hall–Kier alpha value is -2.21. The van der Waals surface area contributed by atoms with E-state index in [0.717, 1.165) is 5.69 Å². The van der Waals surface area contributed by atoms with Crippen molar-refractivity contribution in [1.82, 2.24) is 15.0 Å². The van der Waals surface area contributed by atoms with Crippen LogP contribution in [-0.2, 0) is 4.79 Å². The number of hydrogen-bond acceptors (Lipinski definition) is 4. The molecule has 2 rings (SSSR count). The molecule has 6 nitrogen and oxygen atoms in total. The Bertz CT molecular complexity index is 551. The number of aromatic nitrogens is 3. The molecule has 2 N–H and O–H groups in total. The van der Waals surface area contributed by atoms with E-state index >= 15 is 0 Å². The Morgan fingerprint density at radius 3 is 2.58 bits per heavy atom. The van der Waals surface area contributed by atoms with Crippen molar-refractivity contribution < 1.29 is 9.90 Å². The maximum Gasteiger partial charge on any atom is 0.249 e. The number of aliphatic hydroxyl groups excluding tert-OH is 1. The minimum absolute atomic E-state index is 0.187. The van der Waals surface area contributed by atoms with Crippen molar-refractivity contribution >= 4 is 11.6 Å². The third-order valence-electron chi connectivity index (χ3n) is 2.77. The Balaban J connectivity index is 2.06. The second-order valence-corrected chi connectivity index (χ2v) is 4.33. The van der Waals surface area contributed by atoms with E-state index in [1.807, 2.05) is 30.3 Å². The molecule has 0 aliphatic carbocycles. The largest absolute Gasteiger partial charge is 0.387 e. The van der Waals surface area contributed by atoms with Crippen molar-refractivity contribution in [3.05, 3.63) is 42.2 Å². The second-order valence-electron chi connectivity index (χ2n) is 4.33. The topological polar surface area (TPSA) is 80.0 Å². The monoisotopic (exact) mass is 260 g/mol. The lowest BCUT2D eigenvalue weighted by molar-refractivity contribution is -0.119. The van der Waals surface area contributed by atoms with E-state index in [-0.39, 0.29) is 5.91 Å². The maximum absolute atomic E-state index is 12.0. The quantitative estimate of drug-likeness (QED) is 0.873. The number of anilines is 1. The number of nitrogens with one attached hydrogen (secondary N) is 1. The van der Waals surface area contributed by atoms with Gasteiger partial charge in [0.25, 0.3) is 0 Å². The van der Waals surface area contributed by atoms with Gasteiger partial charge in [-0.15, -0.1) is 5.10 Å². The number of hydrogen-bond donors (Lipinski definition) is 2. The molecule has 1 heterocycles. The van der Waals surface area contributed by atoms with Crippen LogP contribution in [0.15, 0.2) is 36.5 Å². The van der Waals surface area contributed by atoms with E-state index in [4.69, 9.17) is 0 Å². The molecule has 1 amide bonds. The zero-order valence-corrected chi connectivity index (χ0v) is 10.8. The predicted molar refractivity (Wildman–Crippen MR) is 70.4 cm³/mol. The Labute approximate surface area is 111 Å². The van der Waals surface area contributed by atoms with Gasteiger partial charge in [0.15, 0.2) is 0 Å². The minimum Gasteiger partial charge on any atom is -0.387 e.